The van der Waals surface area contributed by atoms with Crippen LogP contribution in [-0.2, 0) is 11.8 Å². The first-order valence-electron chi connectivity index (χ1n) is 11.0. The van der Waals surface area contributed by atoms with Crippen molar-refractivity contribution in [3.8, 4) is 5.75 Å². The van der Waals surface area contributed by atoms with Gasteiger partial charge in [0.1, 0.15) is 5.69 Å². The van der Waals surface area contributed by atoms with Gasteiger partial charge in [0.2, 0.25) is 0 Å². The van der Waals surface area contributed by atoms with Crippen LogP contribution in [0.4, 0.5) is 5.69 Å². The van der Waals surface area contributed by atoms with Gasteiger partial charge in [0, 0.05) is 6.54 Å². The van der Waals surface area contributed by atoms with E-state index in [0.29, 0.717) is 24.1 Å². The monoisotopic (exact) mass is 395 g/mol. The lowest BCUT2D eigenvalue weighted by Gasteiger charge is -2.55. The van der Waals surface area contributed by atoms with E-state index in [0.717, 1.165) is 12.8 Å². The Labute approximate surface area is 173 Å². The minimum Gasteiger partial charge on any atom is -0.491 e. The van der Waals surface area contributed by atoms with Crippen molar-refractivity contribution in [1.29, 1.82) is 0 Å². The van der Waals surface area contributed by atoms with Crippen molar-refractivity contribution < 1.29 is 4.74 Å². The van der Waals surface area contributed by atoms with Crippen LogP contribution in [0.1, 0.15) is 76.0 Å². The molecule has 1 N–H and O–H groups in total. The Kier molecular flexibility index (Phi) is 4.87. The molecular formula is C25H33NO3. The van der Waals surface area contributed by atoms with Crippen LogP contribution in [0.15, 0.2) is 27.8 Å². The van der Waals surface area contributed by atoms with Crippen molar-refractivity contribution in [3.63, 3.8) is 0 Å². The van der Waals surface area contributed by atoms with Gasteiger partial charge in [-0.05, 0) is 65.0 Å². The average molecular weight is 396 g/mol. The molecule has 4 nitrogen and oxygen atoms in total. The number of ether oxygens (including phenoxy) is 1. The van der Waals surface area contributed by atoms with E-state index in [4.69, 9.17) is 4.74 Å². The molecule has 0 bridgehead atoms. The highest BCUT2D eigenvalue weighted by atomic mass is 16.5. The molecule has 0 aromatic heterocycles. The number of benzene rings is 1. The lowest BCUT2D eigenvalue weighted by atomic mass is 9.49. The number of hydrogen-bond acceptors (Lipinski definition) is 4. The summed E-state index contributed by atoms with van der Waals surface area (Å²) in [5, 5.41) is 3.29. The number of aryl methyl sites for hydroxylation is 1. The number of hydrogen-bond donors (Lipinski definition) is 1. The summed E-state index contributed by atoms with van der Waals surface area (Å²) >= 11 is 0. The predicted octanol–water partition coefficient (Wildman–Crippen LogP) is 4.54. The fourth-order valence-corrected chi connectivity index (χ4v) is 6.23. The van der Waals surface area contributed by atoms with E-state index < -0.39 is 10.9 Å². The number of anilines is 1. The maximum absolute atomic E-state index is 12.0. The molecule has 0 saturated heterocycles. The zero-order valence-electron chi connectivity index (χ0n) is 18.4. The molecule has 156 valence electrons. The fourth-order valence-electron chi connectivity index (χ4n) is 6.23. The van der Waals surface area contributed by atoms with Crippen LogP contribution in [0.5, 0.6) is 5.75 Å². The van der Waals surface area contributed by atoms with Gasteiger partial charge in [0.25, 0.3) is 10.9 Å². The van der Waals surface area contributed by atoms with Gasteiger partial charge in [0.15, 0.2) is 5.75 Å². The second-order valence-electron chi connectivity index (χ2n) is 10.0. The van der Waals surface area contributed by atoms with Gasteiger partial charge < -0.3 is 10.1 Å². The molecule has 3 atom stereocenters. The maximum Gasteiger partial charge on any atom is 0.271 e. The third-order valence-corrected chi connectivity index (χ3v) is 7.91. The van der Waals surface area contributed by atoms with Crippen LogP contribution >= 0.6 is 0 Å². The summed E-state index contributed by atoms with van der Waals surface area (Å²) < 4.78 is 5.10. The molecule has 1 fully saturated rings. The maximum atomic E-state index is 12.0. The van der Waals surface area contributed by atoms with Crippen molar-refractivity contribution in [2.24, 2.45) is 11.3 Å². The summed E-state index contributed by atoms with van der Waals surface area (Å²) in [5.74, 6) is 1.29. The Morgan fingerprint density at radius 1 is 1.17 bits per heavy atom. The molecule has 2 aromatic carbocycles. The first kappa shape index (κ1) is 20.2. The molecule has 1 saturated carbocycles. The Balaban J connectivity index is 1.62. The highest BCUT2D eigenvalue weighted by molar-refractivity contribution is 5.61. The van der Waals surface area contributed by atoms with E-state index in [1.54, 1.807) is 0 Å². The molecule has 2 aliphatic carbocycles. The van der Waals surface area contributed by atoms with Crippen molar-refractivity contribution in [3.05, 3.63) is 55.3 Å². The van der Waals surface area contributed by atoms with Crippen molar-refractivity contribution in [1.82, 2.24) is 0 Å². The molecule has 0 unspecified atom stereocenters. The molecule has 2 aliphatic rings. The normalized spacial score (nSPS) is 28.8. The van der Waals surface area contributed by atoms with Crippen LogP contribution in [0.25, 0.3) is 0 Å². The van der Waals surface area contributed by atoms with Gasteiger partial charge in [-0.25, -0.2) is 0 Å². The van der Waals surface area contributed by atoms with Crippen LogP contribution in [0, 0.1) is 11.3 Å². The third-order valence-electron chi connectivity index (χ3n) is 7.91. The van der Waals surface area contributed by atoms with E-state index in [1.807, 2.05) is 0 Å². The molecule has 0 aliphatic heterocycles. The third kappa shape index (κ3) is 3.03. The van der Waals surface area contributed by atoms with Crippen LogP contribution < -0.4 is 20.9 Å². The number of methoxy groups -OCH3 is 1. The Bertz CT molecular complexity index is 1000. The van der Waals surface area contributed by atoms with E-state index in [1.165, 1.54) is 43.1 Å². The highest BCUT2D eigenvalue weighted by Crippen LogP contribution is 2.57. The van der Waals surface area contributed by atoms with E-state index >= 15 is 0 Å². The summed E-state index contributed by atoms with van der Waals surface area (Å²) in [6, 6.07) is 7.13. The standard InChI is InChI=1S/C25H33NO3/c1-15(2)16-7-9-18-17(13-16)8-10-19-24(3,11-6-12-25(18,19)4)14-26-20-21(27)22(28)23(20)29-5/h7,9,13,15,19,26H,6,8,10-12,14H2,1-5H3/t19-,24-,25+/m1/s1. The molecule has 4 rings (SSSR count). The molecular weight excluding hydrogens is 362 g/mol. The zero-order valence-corrected chi connectivity index (χ0v) is 18.4. The SMILES string of the molecule is COc1c(NC[C@@]2(C)CCC[C@@]3(C)c4ccc(C(C)C)cc4CC[C@H]23)c(=O)c1=O. The van der Waals surface area contributed by atoms with Gasteiger partial charge in [-0.15, -0.1) is 0 Å². The predicted molar refractivity (Wildman–Crippen MR) is 118 cm³/mol. The number of fused-ring (bicyclic) bond motifs is 3. The second-order valence-corrected chi connectivity index (χ2v) is 10.0. The van der Waals surface area contributed by atoms with Gasteiger partial charge in [0.05, 0.1) is 7.11 Å². The van der Waals surface area contributed by atoms with Crippen LogP contribution in [0.2, 0.25) is 0 Å². The second kappa shape index (κ2) is 7.00. The lowest BCUT2D eigenvalue weighted by molar-refractivity contribution is 0.0359. The topological polar surface area (TPSA) is 55.4 Å². The van der Waals surface area contributed by atoms with Crippen molar-refractivity contribution in [2.75, 3.05) is 19.0 Å². The number of nitrogens with one attached hydrogen (secondary N) is 1. The number of rotatable bonds is 5. The minimum absolute atomic E-state index is 0.0756. The summed E-state index contributed by atoms with van der Waals surface area (Å²) in [7, 11) is 1.45. The van der Waals surface area contributed by atoms with Gasteiger partial charge >= 0.3 is 0 Å². The molecule has 0 heterocycles. The molecule has 29 heavy (non-hydrogen) atoms. The summed E-state index contributed by atoms with van der Waals surface area (Å²) in [6.45, 7) is 10.0. The van der Waals surface area contributed by atoms with E-state index in [-0.39, 0.29) is 16.6 Å². The molecule has 0 spiro atoms. The molecule has 0 amide bonds. The average Bonchev–Trinajstić information content (AvgIpc) is 2.69. The summed E-state index contributed by atoms with van der Waals surface area (Å²) in [6.07, 6.45) is 5.82. The molecule has 0 radical (unpaired) electrons. The van der Waals surface area contributed by atoms with Crippen molar-refractivity contribution >= 4 is 5.69 Å². The smallest absolute Gasteiger partial charge is 0.271 e. The Morgan fingerprint density at radius 2 is 1.93 bits per heavy atom. The van der Waals surface area contributed by atoms with Gasteiger partial charge in [-0.1, -0.05) is 52.3 Å². The summed E-state index contributed by atoms with van der Waals surface area (Å²) in [4.78, 5) is 23.6. The highest BCUT2D eigenvalue weighted by Gasteiger charge is 2.51. The molecule has 4 heteroatoms. The van der Waals surface area contributed by atoms with Crippen LogP contribution in [0.3, 0.4) is 0 Å². The zero-order chi connectivity index (χ0) is 21.0. The van der Waals surface area contributed by atoms with E-state index in [2.05, 4.69) is 51.2 Å². The van der Waals surface area contributed by atoms with Gasteiger partial charge in [-0.2, -0.15) is 0 Å². The minimum atomic E-state index is -0.513. The fraction of sp³-hybridized carbons (Fsp3) is 0.600. The largest absolute Gasteiger partial charge is 0.491 e. The van der Waals surface area contributed by atoms with Gasteiger partial charge in [-0.3, -0.25) is 9.59 Å². The lowest BCUT2D eigenvalue weighted by Crippen LogP contribution is -2.52. The molecule has 2 aromatic rings. The van der Waals surface area contributed by atoms with E-state index in [9.17, 15) is 9.59 Å². The summed E-state index contributed by atoms with van der Waals surface area (Å²) in [5.41, 5.74) is 4.12. The first-order chi connectivity index (χ1) is 13.7. The van der Waals surface area contributed by atoms with Crippen LogP contribution in [-0.4, -0.2) is 13.7 Å². The first-order valence-corrected chi connectivity index (χ1v) is 11.0. The quantitative estimate of drug-likeness (QED) is 0.756. The Hall–Kier alpha value is -2.10. The Morgan fingerprint density at radius 3 is 2.62 bits per heavy atom. The van der Waals surface area contributed by atoms with Crippen molar-refractivity contribution in [2.45, 2.75) is 71.1 Å².